The van der Waals surface area contributed by atoms with Crippen molar-refractivity contribution < 1.29 is 22.7 Å². The molecule has 3 rings (SSSR count). The Kier molecular flexibility index (Phi) is 7.86. The number of amides is 1. The lowest BCUT2D eigenvalue weighted by molar-refractivity contribution is -0.119. The summed E-state index contributed by atoms with van der Waals surface area (Å²) in [6.07, 6.45) is 0. The minimum absolute atomic E-state index is 0.0328. The van der Waals surface area contributed by atoms with E-state index in [1.807, 2.05) is 57.2 Å². The van der Waals surface area contributed by atoms with Crippen molar-refractivity contribution in [2.45, 2.75) is 37.6 Å². The second-order valence-electron chi connectivity index (χ2n) is 8.76. The Morgan fingerprint density at radius 3 is 2.26 bits per heavy atom. The van der Waals surface area contributed by atoms with Gasteiger partial charge < -0.3 is 10.1 Å². The van der Waals surface area contributed by atoms with Crippen LogP contribution in [-0.2, 0) is 31.5 Å². The summed E-state index contributed by atoms with van der Waals surface area (Å²) in [5.74, 6) is -1.28. The van der Waals surface area contributed by atoms with Crippen LogP contribution in [0, 0.1) is 0 Å². The van der Waals surface area contributed by atoms with Crippen molar-refractivity contribution in [1.82, 2.24) is 4.72 Å². The van der Waals surface area contributed by atoms with Crippen LogP contribution in [0.25, 0.3) is 0 Å². The minimum atomic E-state index is -3.84. The highest BCUT2D eigenvalue weighted by molar-refractivity contribution is 7.89. The molecule has 0 aliphatic carbocycles. The van der Waals surface area contributed by atoms with Crippen molar-refractivity contribution in [3.05, 3.63) is 95.6 Å². The van der Waals surface area contributed by atoms with Gasteiger partial charge in [-0.1, -0.05) is 75.4 Å². The molecule has 0 spiro atoms. The lowest BCUT2D eigenvalue weighted by atomic mass is 9.86. The molecule has 0 aromatic heterocycles. The van der Waals surface area contributed by atoms with Crippen LogP contribution in [0.3, 0.4) is 0 Å². The van der Waals surface area contributed by atoms with Crippen LogP contribution in [-0.4, -0.2) is 26.9 Å². The molecule has 2 N–H and O–H groups in total. The van der Waals surface area contributed by atoms with Gasteiger partial charge in [0.15, 0.2) is 6.61 Å². The normalized spacial score (nSPS) is 11.6. The molecule has 178 valence electrons. The molecule has 0 unspecified atom stereocenters. The molecule has 0 radical (unpaired) electrons. The smallest absolute Gasteiger partial charge is 0.338 e. The number of para-hydroxylation sites is 1. The van der Waals surface area contributed by atoms with Crippen LogP contribution in [0.15, 0.2) is 83.8 Å². The van der Waals surface area contributed by atoms with Crippen LogP contribution in [0.4, 0.5) is 5.69 Å². The number of nitrogens with one attached hydrogen (secondary N) is 2. The molecular weight excluding hydrogens is 452 g/mol. The molecular formula is C26H28N2O5S. The second kappa shape index (κ2) is 10.6. The van der Waals surface area contributed by atoms with Gasteiger partial charge in [0, 0.05) is 12.2 Å². The highest BCUT2D eigenvalue weighted by atomic mass is 32.2. The number of rotatable bonds is 8. The molecule has 0 saturated carbocycles. The fourth-order valence-electron chi connectivity index (χ4n) is 3.29. The summed E-state index contributed by atoms with van der Waals surface area (Å²) in [6, 6.07) is 22.0. The Bertz CT molecular complexity index is 1270. The first kappa shape index (κ1) is 25.1. The molecule has 3 aromatic carbocycles. The predicted molar refractivity (Wildman–Crippen MR) is 131 cm³/mol. The van der Waals surface area contributed by atoms with Gasteiger partial charge in [-0.25, -0.2) is 17.9 Å². The Morgan fingerprint density at radius 2 is 1.56 bits per heavy atom. The summed E-state index contributed by atoms with van der Waals surface area (Å²) < 4.78 is 32.9. The van der Waals surface area contributed by atoms with Gasteiger partial charge in [0.2, 0.25) is 10.0 Å². The fraction of sp³-hybridized carbons (Fsp3) is 0.231. The number of anilines is 1. The van der Waals surface area contributed by atoms with Crippen LogP contribution < -0.4 is 10.0 Å². The SMILES string of the molecule is CC(C)(C)c1ccccc1NC(=O)COC(=O)c1cccc(S(=O)(=O)NCc2ccccc2)c1. The van der Waals surface area contributed by atoms with E-state index in [0.717, 1.165) is 11.1 Å². The van der Waals surface area contributed by atoms with Gasteiger partial charge in [0.1, 0.15) is 0 Å². The van der Waals surface area contributed by atoms with Crippen LogP contribution >= 0.6 is 0 Å². The summed E-state index contributed by atoms with van der Waals surface area (Å²) in [6.45, 7) is 5.73. The number of carbonyl (C=O) groups excluding carboxylic acids is 2. The van der Waals surface area contributed by atoms with Gasteiger partial charge in [-0.3, -0.25) is 4.79 Å². The van der Waals surface area contributed by atoms with Gasteiger partial charge in [-0.05, 0) is 40.8 Å². The average Bonchev–Trinajstić information content (AvgIpc) is 2.82. The van der Waals surface area contributed by atoms with E-state index < -0.39 is 28.5 Å². The van der Waals surface area contributed by atoms with Crippen molar-refractivity contribution in [3.8, 4) is 0 Å². The molecule has 0 fully saturated rings. The highest BCUT2D eigenvalue weighted by Crippen LogP contribution is 2.29. The zero-order valence-corrected chi connectivity index (χ0v) is 20.2. The highest BCUT2D eigenvalue weighted by Gasteiger charge is 2.20. The first-order valence-corrected chi connectivity index (χ1v) is 12.2. The summed E-state index contributed by atoms with van der Waals surface area (Å²) in [5, 5.41) is 2.77. The van der Waals surface area contributed by atoms with Crippen LogP contribution in [0.2, 0.25) is 0 Å². The first-order chi connectivity index (χ1) is 16.1. The Morgan fingerprint density at radius 1 is 0.882 bits per heavy atom. The second-order valence-corrected chi connectivity index (χ2v) is 10.5. The van der Waals surface area contributed by atoms with E-state index in [9.17, 15) is 18.0 Å². The van der Waals surface area contributed by atoms with E-state index in [-0.39, 0.29) is 22.4 Å². The standard InChI is InChI=1S/C26H28N2O5S/c1-26(2,3)22-14-7-8-15-23(22)28-24(29)18-33-25(30)20-12-9-13-21(16-20)34(31,32)27-17-19-10-5-4-6-11-19/h4-16,27H,17-18H2,1-3H3,(H,28,29). The molecule has 0 aliphatic heterocycles. The summed E-state index contributed by atoms with van der Waals surface area (Å²) in [7, 11) is -3.84. The molecule has 0 aliphatic rings. The monoisotopic (exact) mass is 480 g/mol. The van der Waals surface area contributed by atoms with Gasteiger partial charge in [-0.15, -0.1) is 0 Å². The van der Waals surface area contributed by atoms with Crippen molar-refractivity contribution >= 4 is 27.6 Å². The zero-order chi connectivity index (χ0) is 24.8. The summed E-state index contributed by atoms with van der Waals surface area (Å²) >= 11 is 0. The molecule has 7 nitrogen and oxygen atoms in total. The molecule has 1 amide bonds. The first-order valence-electron chi connectivity index (χ1n) is 10.8. The number of ether oxygens (including phenoxy) is 1. The maximum absolute atomic E-state index is 12.6. The van der Waals surface area contributed by atoms with E-state index in [0.29, 0.717) is 5.69 Å². The van der Waals surface area contributed by atoms with Crippen molar-refractivity contribution in [2.75, 3.05) is 11.9 Å². The molecule has 0 saturated heterocycles. The van der Waals surface area contributed by atoms with Crippen LogP contribution in [0.5, 0.6) is 0 Å². The maximum Gasteiger partial charge on any atom is 0.338 e. The van der Waals surface area contributed by atoms with Crippen molar-refractivity contribution in [2.24, 2.45) is 0 Å². The fourth-order valence-corrected chi connectivity index (χ4v) is 4.36. The largest absolute Gasteiger partial charge is 0.452 e. The molecule has 0 heterocycles. The van der Waals surface area contributed by atoms with E-state index in [2.05, 4.69) is 10.0 Å². The number of benzene rings is 3. The Labute approximate surface area is 200 Å². The molecule has 0 bridgehead atoms. The van der Waals surface area contributed by atoms with E-state index in [4.69, 9.17) is 4.74 Å². The maximum atomic E-state index is 12.6. The number of carbonyl (C=O) groups is 2. The molecule has 34 heavy (non-hydrogen) atoms. The Hall–Kier alpha value is -3.49. The van der Waals surface area contributed by atoms with Crippen molar-refractivity contribution in [1.29, 1.82) is 0 Å². The van der Waals surface area contributed by atoms with Gasteiger partial charge in [-0.2, -0.15) is 0 Å². The average molecular weight is 481 g/mol. The quantitative estimate of drug-likeness (QED) is 0.469. The zero-order valence-electron chi connectivity index (χ0n) is 19.4. The van der Waals surface area contributed by atoms with E-state index >= 15 is 0 Å². The third-order valence-electron chi connectivity index (χ3n) is 5.03. The minimum Gasteiger partial charge on any atom is -0.452 e. The number of hydrogen-bond acceptors (Lipinski definition) is 5. The third kappa shape index (κ3) is 6.76. The van der Waals surface area contributed by atoms with Gasteiger partial charge >= 0.3 is 5.97 Å². The molecule has 8 heteroatoms. The molecule has 0 atom stereocenters. The van der Waals surface area contributed by atoms with E-state index in [1.54, 1.807) is 18.2 Å². The Balaban J connectivity index is 1.62. The van der Waals surface area contributed by atoms with Crippen molar-refractivity contribution in [3.63, 3.8) is 0 Å². The van der Waals surface area contributed by atoms with E-state index in [1.165, 1.54) is 24.3 Å². The predicted octanol–water partition coefficient (Wildman–Crippen LogP) is 4.26. The van der Waals surface area contributed by atoms with Gasteiger partial charge in [0.25, 0.3) is 5.91 Å². The molecule has 3 aromatic rings. The third-order valence-corrected chi connectivity index (χ3v) is 6.43. The lowest BCUT2D eigenvalue weighted by Gasteiger charge is -2.22. The summed E-state index contributed by atoms with van der Waals surface area (Å²) in [4.78, 5) is 24.8. The number of hydrogen-bond donors (Lipinski definition) is 2. The summed E-state index contributed by atoms with van der Waals surface area (Å²) in [5.41, 5.74) is 2.26. The van der Waals surface area contributed by atoms with Gasteiger partial charge in [0.05, 0.1) is 10.5 Å². The number of sulfonamides is 1. The topological polar surface area (TPSA) is 102 Å². The van der Waals surface area contributed by atoms with Crippen LogP contribution in [0.1, 0.15) is 42.3 Å². The lowest BCUT2D eigenvalue weighted by Crippen LogP contribution is -2.24. The number of esters is 1.